The van der Waals surface area contributed by atoms with Crippen LogP contribution in [-0.4, -0.2) is 47.7 Å². The zero-order valence-electron chi connectivity index (χ0n) is 19.3. The van der Waals surface area contributed by atoms with Gasteiger partial charge in [-0.3, -0.25) is 9.69 Å². The van der Waals surface area contributed by atoms with Gasteiger partial charge in [0.15, 0.2) is 0 Å². The van der Waals surface area contributed by atoms with E-state index >= 15 is 0 Å². The monoisotopic (exact) mass is 437 g/mol. The lowest BCUT2D eigenvalue weighted by molar-refractivity contribution is -0.124. The number of hydrogen-bond acceptors (Lipinski definition) is 4. The maximum atomic E-state index is 13.1. The molecule has 6 heteroatoms. The number of amides is 2. The Morgan fingerprint density at radius 1 is 0.969 bits per heavy atom. The average Bonchev–Trinajstić information content (AvgIpc) is 2.75. The van der Waals surface area contributed by atoms with E-state index in [1.807, 2.05) is 57.2 Å². The van der Waals surface area contributed by atoms with Gasteiger partial charge in [0.25, 0.3) is 0 Å². The van der Waals surface area contributed by atoms with Crippen molar-refractivity contribution >= 4 is 12.0 Å². The normalized spacial score (nSPS) is 16.2. The minimum atomic E-state index is -0.686. The maximum Gasteiger partial charge on any atom is 0.408 e. The van der Waals surface area contributed by atoms with Crippen LogP contribution < -0.4 is 10.6 Å². The van der Waals surface area contributed by atoms with E-state index in [-0.39, 0.29) is 11.9 Å². The molecule has 1 atom stereocenters. The number of rotatable bonds is 7. The third-order valence-corrected chi connectivity index (χ3v) is 5.47. The number of carbonyl (C=O) groups excluding carboxylic acids is 2. The van der Waals surface area contributed by atoms with E-state index in [4.69, 9.17) is 4.74 Å². The molecule has 1 aliphatic rings. The summed E-state index contributed by atoms with van der Waals surface area (Å²) in [4.78, 5) is 27.9. The molecule has 3 rings (SSSR count). The van der Waals surface area contributed by atoms with Crippen LogP contribution in [0.4, 0.5) is 4.79 Å². The molecular weight excluding hydrogens is 402 g/mol. The molecule has 0 saturated carbocycles. The SMILES string of the molecule is CC(C)(C)OC(=O)NC(Cc1ccccc1)C(=O)NC1CCN(Cc2ccccc2)CC1. The smallest absolute Gasteiger partial charge is 0.408 e. The minimum absolute atomic E-state index is 0.105. The van der Waals surface area contributed by atoms with Gasteiger partial charge in [0.1, 0.15) is 11.6 Å². The minimum Gasteiger partial charge on any atom is -0.444 e. The van der Waals surface area contributed by atoms with Crippen LogP contribution in [0.15, 0.2) is 60.7 Å². The fourth-order valence-corrected chi connectivity index (χ4v) is 3.89. The molecule has 0 spiro atoms. The fraction of sp³-hybridized carbons (Fsp3) is 0.462. The molecule has 2 aromatic carbocycles. The van der Waals surface area contributed by atoms with E-state index in [2.05, 4.69) is 39.8 Å². The zero-order chi connectivity index (χ0) is 23.0. The van der Waals surface area contributed by atoms with Gasteiger partial charge in [-0.2, -0.15) is 0 Å². The van der Waals surface area contributed by atoms with E-state index < -0.39 is 17.7 Å². The highest BCUT2D eigenvalue weighted by atomic mass is 16.6. The first-order chi connectivity index (χ1) is 15.3. The number of nitrogens with zero attached hydrogens (tertiary/aromatic N) is 1. The molecule has 2 amide bonds. The Morgan fingerprint density at radius 3 is 2.09 bits per heavy atom. The van der Waals surface area contributed by atoms with Gasteiger partial charge in [-0.05, 0) is 44.7 Å². The van der Waals surface area contributed by atoms with E-state index in [0.717, 1.165) is 38.0 Å². The lowest BCUT2D eigenvalue weighted by Gasteiger charge is -2.33. The Kier molecular flexibility index (Phi) is 8.28. The summed E-state index contributed by atoms with van der Waals surface area (Å²) in [5.74, 6) is -0.166. The first kappa shape index (κ1) is 23.8. The highest BCUT2D eigenvalue weighted by Crippen LogP contribution is 2.15. The highest BCUT2D eigenvalue weighted by molar-refractivity contribution is 5.86. The van der Waals surface area contributed by atoms with Crippen molar-refractivity contribution in [2.75, 3.05) is 13.1 Å². The van der Waals surface area contributed by atoms with Crippen molar-refractivity contribution in [1.82, 2.24) is 15.5 Å². The standard InChI is InChI=1S/C26H35N3O3/c1-26(2,3)32-25(31)28-23(18-20-10-6-4-7-11-20)24(30)27-22-14-16-29(17-15-22)19-21-12-8-5-9-13-21/h4-13,22-23H,14-19H2,1-3H3,(H,27,30)(H,28,31). The van der Waals surface area contributed by atoms with Crippen LogP contribution in [-0.2, 0) is 22.5 Å². The summed E-state index contributed by atoms with van der Waals surface area (Å²) in [6, 6.07) is 19.6. The molecular formula is C26H35N3O3. The summed E-state index contributed by atoms with van der Waals surface area (Å²) in [6.45, 7) is 8.22. The van der Waals surface area contributed by atoms with E-state index in [0.29, 0.717) is 6.42 Å². The van der Waals surface area contributed by atoms with E-state index in [1.165, 1.54) is 5.56 Å². The van der Waals surface area contributed by atoms with E-state index in [1.54, 1.807) is 0 Å². The molecule has 6 nitrogen and oxygen atoms in total. The molecule has 0 bridgehead atoms. The summed E-state index contributed by atoms with van der Waals surface area (Å²) >= 11 is 0. The Bertz CT molecular complexity index is 857. The number of piperidine rings is 1. The Labute approximate surface area is 191 Å². The van der Waals surface area contributed by atoms with Crippen molar-refractivity contribution in [1.29, 1.82) is 0 Å². The van der Waals surface area contributed by atoms with Gasteiger partial charge < -0.3 is 15.4 Å². The van der Waals surface area contributed by atoms with Gasteiger partial charge in [0.2, 0.25) is 5.91 Å². The van der Waals surface area contributed by atoms with Crippen molar-refractivity contribution in [3.05, 3.63) is 71.8 Å². The number of benzene rings is 2. The quantitative estimate of drug-likeness (QED) is 0.689. The Morgan fingerprint density at radius 2 is 1.53 bits per heavy atom. The van der Waals surface area contributed by atoms with Crippen LogP contribution >= 0.6 is 0 Å². The molecule has 2 aromatic rings. The Hall–Kier alpha value is -2.86. The Balaban J connectivity index is 1.55. The molecule has 2 N–H and O–H groups in total. The lowest BCUT2D eigenvalue weighted by atomic mass is 10.0. The average molecular weight is 438 g/mol. The second-order valence-electron chi connectivity index (χ2n) is 9.43. The van der Waals surface area contributed by atoms with Gasteiger partial charge in [-0.25, -0.2) is 4.79 Å². The molecule has 0 radical (unpaired) electrons. The van der Waals surface area contributed by atoms with Crippen molar-refractivity contribution in [3.8, 4) is 0 Å². The number of nitrogens with one attached hydrogen (secondary N) is 2. The number of ether oxygens (including phenoxy) is 1. The van der Waals surface area contributed by atoms with Gasteiger partial charge >= 0.3 is 6.09 Å². The van der Waals surface area contributed by atoms with Crippen LogP contribution in [0.3, 0.4) is 0 Å². The summed E-state index contributed by atoms with van der Waals surface area (Å²) in [7, 11) is 0. The molecule has 1 fully saturated rings. The number of likely N-dealkylation sites (tertiary alicyclic amines) is 1. The molecule has 0 aromatic heterocycles. The van der Waals surface area contributed by atoms with Crippen molar-refractivity contribution in [3.63, 3.8) is 0 Å². The molecule has 1 aliphatic heterocycles. The number of carbonyl (C=O) groups is 2. The lowest BCUT2D eigenvalue weighted by Crippen LogP contribution is -2.53. The predicted molar refractivity (Wildman–Crippen MR) is 126 cm³/mol. The first-order valence-corrected chi connectivity index (χ1v) is 11.4. The second-order valence-corrected chi connectivity index (χ2v) is 9.43. The van der Waals surface area contributed by atoms with Crippen LogP contribution in [0.25, 0.3) is 0 Å². The van der Waals surface area contributed by atoms with Crippen LogP contribution in [0, 0.1) is 0 Å². The number of hydrogen-bond donors (Lipinski definition) is 2. The van der Waals surface area contributed by atoms with Gasteiger partial charge in [0.05, 0.1) is 0 Å². The number of alkyl carbamates (subject to hydrolysis) is 1. The molecule has 1 unspecified atom stereocenters. The van der Waals surface area contributed by atoms with Crippen molar-refractivity contribution < 1.29 is 14.3 Å². The third-order valence-electron chi connectivity index (χ3n) is 5.47. The van der Waals surface area contributed by atoms with Crippen LogP contribution in [0.1, 0.15) is 44.7 Å². The first-order valence-electron chi connectivity index (χ1n) is 11.4. The van der Waals surface area contributed by atoms with Crippen molar-refractivity contribution in [2.45, 2.75) is 64.3 Å². The second kappa shape index (κ2) is 11.1. The predicted octanol–water partition coefficient (Wildman–Crippen LogP) is 3.90. The van der Waals surface area contributed by atoms with Crippen LogP contribution in [0.5, 0.6) is 0 Å². The van der Waals surface area contributed by atoms with Gasteiger partial charge in [-0.15, -0.1) is 0 Å². The maximum absolute atomic E-state index is 13.1. The third kappa shape index (κ3) is 8.00. The van der Waals surface area contributed by atoms with Crippen LogP contribution in [0.2, 0.25) is 0 Å². The topological polar surface area (TPSA) is 70.7 Å². The molecule has 1 heterocycles. The van der Waals surface area contributed by atoms with E-state index in [9.17, 15) is 9.59 Å². The van der Waals surface area contributed by atoms with Crippen molar-refractivity contribution in [2.24, 2.45) is 0 Å². The van der Waals surface area contributed by atoms with Gasteiger partial charge in [0, 0.05) is 32.1 Å². The largest absolute Gasteiger partial charge is 0.444 e. The zero-order valence-corrected chi connectivity index (χ0v) is 19.3. The summed E-state index contributed by atoms with van der Waals surface area (Å²) < 4.78 is 5.38. The fourth-order valence-electron chi connectivity index (χ4n) is 3.89. The molecule has 32 heavy (non-hydrogen) atoms. The summed E-state index contributed by atoms with van der Waals surface area (Å²) in [6.07, 6.45) is 1.62. The summed E-state index contributed by atoms with van der Waals surface area (Å²) in [5, 5.41) is 5.93. The summed E-state index contributed by atoms with van der Waals surface area (Å²) in [5.41, 5.74) is 1.67. The molecule has 172 valence electrons. The molecule has 0 aliphatic carbocycles. The molecule has 1 saturated heterocycles. The highest BCUT2D eigenvalue weighted by Gasteiger charge is 2.28. The van der Waals surface area contributed by atoms with Gasteiger partial charge in [-0.1, -0.05) is 60.7 Å².